The minimum absolute atomic E-state index is 0.782. The molecule has 2 rings (SSSR count). The van der Waals surface area contributed by atoms with Gasteiger partial charge in [0.2, 0.25) is 0 Å². The number of aromatic nitrogens is 4. The Morgan fingerprint density at radius 2 is 2.12 bits per heavy atom. The normalized spacial score (nSPS) is 11.0. The molecule has 0 fully saturated rings. The maximum atomic E-state index is 4.50. The fraction of sp³-hybridized carbons (Fsp3) is 0.500. The van der Waals surface area contributed by atoms with Crippen molar-refractivity contribution in [2.24, 2.45) is 0 Å². The monoisotopic (exact) mass is 233 g/mol. The molecule has 0 aromatic carbocycles. The van der Waals surface area contributed by atoms with Crippen LogP contribution in [0.1, 0.15) is 23.7 Å². The molecular weight excluding hydrogens is 214 g/mol. The third kappa shape index (κ3) is 2.74. The molecule has 2 aromatic rings. The van der Waals surface area contributed by atoms with Crippen molar-refractivity contribution in [3.8, 4) is 0 Å². The number of nitrogens with one attached hydrogen (secondary N) is 1. The molecule has 0 aliphatic rings. The lowest BCUT2D eigenvalue weighted by molar-refractivity contribution is 0.653. The Labute approximate surface area is 101 Å². The molecule has 0 spiro atoms. The molecule has 5 nitrogen and oxygen atoms in total. The van der Waals surface area contributed by atoms with Gasteiger partial charge in [-0.1, -0.05) is 0 Å². The highest BCUT2D eigenvalue weighted by atomic mass is 15.3. The van der Waals surface area contributed by atoms with Gasteiger partial charge in [0, 0.05) is 36.6 Å². The fourth-order valence-electron chi connectivity index (χ4n) is 1.85. The molecule has 2 aromatic heterocycles. The van der Waals surface area contributed by atoms with E-state index in [0.717, 1.165) is 25.3 Å². The summed E-state index contributed by atoms with van der Waals surface area (Å²) in [5.41, 5.74) is 3.52. The summed E-state index contributed by atoms with van der Waals surface area (Å²) in [5, 5.41) is 11.9. The largest absolute Gasteiger partial charge is 0.316 e. The Kier molecular flexibility index (Phi) is 3.58. The minimum atomic E-state index is 0.782. The summed E-state index contributed by atoms with van der Waals surface area (Å²) in [5.74, 6) is 0. The summed E-state index contributed by atoms with van der Waals surface area (Å²) in [6, 6.07) is 0. The molecule has 0 saturated heterocycles. The van der Waals surface area contributed by atoms with E-state index in [9.17, 15) is 0 Å². The van der Waals surface area contributed by atoms with Gasteiger partial charge in [-0.2, -0.15) is 10.2 Å². The Morgan fingerprint density at radius 1 is 1.29 bits per heavy atom. The average molecular weight is 233 g/mol. The molecule has 0 bridgehead atoms. The molecule has 1 N–H and O–H groups in total. The van der Waals surface area contributed by atoms with Gasteiger partial charge in [0.1, 0.15) is 0 Å². The van der Waals surface area contributed by atoms with Crippen LogP contribution in [0, 0.1) is 6.92 Å². The SMILES string of the molecule is CCn1cc(Cn2cc(CNC)c(C)n2)cn1. The van der Waals surface area contributed by atoms with Crippen LogP contribution < -0.4 is 5.32 Å². The van der Waals surface area contributed by atoms with Gasteiger partial charge < -0.3 is 5.32 Å². The van der Waals surface area contributed by atoms with Gasteiger partial charge >= 0.3 is 0 Å². The van der Waals surface area contributed by atoms with Crippen LogP contribution in [0.15, 0.2) is 18.6 Å². The van der Waals surface area contributed by atoms with Crippen LogP contribution in [0.4, 0.5) is 0 Å². The lowest BCUT2D eigenvalue weighted by atomic mass is 10.3. The van der Waals surface area contributed by atoms with Crippen molar-refractivity contribution in [1.82, 2.24) is 24.9 Å². The molecule has 0 aliphatic carbocycles. The van der Waals surface area contributed by atoms with Crippen molar-refractivity contribution in [2.45, 2.75) is 33.5 Å². The Morgan fingerprint density at radius 3 is 2.76 bits per heavy atom. The summed E-state index contributed by atoms with van der Waals surface area (Å²) in [7, 11) is 1.95. The predicted molar refractivity (Wildman–Crippen MR) is 66.7 cm³/mol. The highest BCUT2D eigenvalue weighted by Gasteiger charge is 2.05. The van der Waals surface area contributed by atoms with Crippen molar-refractivity contribution in [1.29, 1.82) is 0 Å². The van der Waals surface area contributed by atoms with E-state index in [2.05, 4.69) is 34.8 Å². The number of nitrogens with zero attached hydrogens (tertiary/aromatic N) is 4. The predicted octanol–water partition coefficient (Wildman–Crippen LogP) is 1.18. The molecule has 0 unspecified atom stereocenters. The summed E-state index contributed by atoms with van der Waals surface area (Å²) in [6.45, 7) is 6.67. The maximum absolute atomic E-state index is 4.50. The third-order valence-corrected chi connectivity index (χ3v) is 2.77. The molecule has 0 saturated carbocycles. The molecule has 92 valence electrons. The zero-order valence-electron chi connectivity index (χ0n) is 10.6. The van der Waals surface area contributed by atoms with Crippen LogP contribution in [0.2, 0.25) is 0 Å². The van der Waals surface area contributed by atoms with E-state index >= 15 is 0 Å². The molecule has 2 heterocycles. The first kappa shape index (κ1) is 11.9. The van der Waals surface area contributed by atoms with Gasteiger partial charge in [-0.25, -0.2) is 0 Å². The number of hydrogen-bond acceptors (Lipinski definition) is 3. The van der Waals surface area contributed by atoms with Gasteiger partial charge in [-0.05, 0) is 20.9 Å². The van der Waals surface area contributed by atoms with Crippen molar-refractivity contribution in [3.63, 3.8) is 0 Å². The van der Waals surface area contributed by atoms with Crippen LogP contribution in [-0.4, -0.2) is 26.6 Å². The van der Waals surface area contributed by atoms with Gasteiger partial charge in [-0.15, -0.1) is 0 Å². The van der Waals surface area contributed by atoms with Crippen LogP contribution >= 0.6 is 0 Å². The van der Waals surface area contributed by atoms with E-state index in [0.29, 0.717) is 0 Å². The van der Waals surface area contributed by atoms with E-state index in [-0.39, 0.29) is 0 Å². The van der Waals surface area contributed by atoms with Crippen LogP contribution in [0.3, 0.4) is 0 Å². The molecule has 0 amide bonds. The zero-order valence-corrected chi connectivity index (χ0v) is 10.6. The third-order valence-electron chi connectivity index (χ3n) is 2.77. The smallest absolute Gasteiger partial charge is 0.0690 e. The maximum Gasteiger partial charge on any atom is 0.0690 e. The van der Waals surface area contributed by atoms with Gasteiger partial charge in [-0.3, -0.25) is 9.36 Å². The zero-order chi connectivity index (χ0) is 12.3. The van der Waals surface area contributed by atoms with Crippen LogP contribution in [-0.2, 0) is 19.6 Å². The van der Waals surface area contributed by atoms with Crippen molar-refractivity contribution in [3.05, 3.63) is 35.4 Å². The van der Waals surface area contributed by atoms with E-state index in [1.807, 2.05) is 29.5 Å². The van der Waals surface area contributed by atoms with Crippen LogP contribution in [0.25, 0.3) is 0 Å². The van der Waals surface area contributed by atoms with Crippen molar-refractivity contribution < 1.29 is 0 Å². The van der Waals surface area contributed by atoms with E-state index in [1.54, 1.807) is 0 Å². The second-order valence-electron chi connectivity index (χ2n) is 4.17. The topological polar surface area (TPSA) is 47.7 Å². The van der Waals surface area contributed by atoms with Crippen molar-refractivity contribution in [2.75, 3.05) is 7.05 Å². The van der Waals surface area contributed by atoms with E-state index in [1.165, 1.54) is 11.1 Å². The first-order valence-electron chi connectivity index (χ1n) is 5.91. The summed E-state index contributed by atoms with van der Waals surface area (Å²) < 4.78 is 3.90. The Balaban J connectivity index is 2.10. The second kappa shape index (κ2) is 5.14. The van der Waals surface area contributed by atoms with Gasteiger partial charge in [0.05, 0.1) is 18.4 Å². The molecular formula is C12H19N5. The summed E-state index contributed by atoms with van der Waals surface area (Å²) in [6.07, 6.45) is 6.06. The Bertz CT molecular complexity index is 483. The Hall–Kier alpha value is -1.62. The van der Waals surface area contributed by atoms with E-state index < -0.39 is 0 Å². The summed E-state index contributed by atoms with van der Waals surface area (Å²) >= 11 is 0. The lowest BCUT2D eigenvalue weighted by Crippen LogP contribution is -2.05. The first-order valence-corrected chi connectivity index (χ1v) is 5.91. The molecule has 5 heteroatoms. The number of aryl methyl sites for hydroxylation is 2. The quantitative estimate of drug-likeness (QED) is 0.843. The fourth-order valence-corrected chi connectivity index (χ4v) is 1.85. The lowest BCUT2D eigenvalue weighted by Gasteiger charge is -1.97. The highest BCUT2D eigenvalue weighted by molar-refractivity contribution is 5.16. The van der Waals surface area contributed by atoms with Gasteiger partial charge in [0.25, 0.3) is 0 Å². The molecule has 0 atom stereocenters. The minimum Gasteiger partial charge on any atom is -0.316 e. The standard InChI is InChI=1S/C12H19N5/c1-4-16-7-11(5-14-16)8-17-9-12(6-13-3)10(2)15-17/h5,7,9,13H,4,6,8H2,1-3H3. The summed E-state index contributed by atoms with van der Waals surface area (Å²) in [4.78, 5) is 0. The van der Waals surface area contributed by atoms with Crippen LogP contribution in [0.5, 0.6) is 0 Å². The number of hydrogen-bond donors (Lipinski definition) is 1. The highest BCUT2D eigenvalue weighted by Crippen LogP contribution is 2.07. The molecule has 0 radical (unpaired) electrons. The number of rotatable bonds is 5. The molecule has 17 heavy (non-hydrogen) atoms. The second-order valence-corrected chi connectivity index (χ2v) is 4.17. The molecule has 0 aliphatic heterocycles. The first-order chi connectivity index (χ1) is 8.22. The van der Waals surface area contributed by atoms with Gasteiger partial charge in [0.15, 0.2) is 0 Å². The van der Waals surface area contributed by atoms with E-state index in [4.69, 9.17) is 0 Å². The average Bonchev–Trinajstić information content (AvgIpc) is 2.88. The van der Waals surface area contributed by atoms with Crippen molar-refractivity contribution >= 4 is 0 Å².